The number of rotatable bonds is 5. The highest BCUT2D eigenvalue weighted by Crippen LogP contribution is 2.37. The Morgan fingerprint density at radius 2 is 1.36 bits per heavy atom. The minimum atomic E-state index is -0.421. The molecule has 2 N–H and O–H groups in total. The maximum absolute atomic E-state index is 11.5. The van der Waals surface area contributed by atoms with Crippen molar-refractivity contribution in [3.05, 3.63) is 59.7 Å². The lowest BCUT2D eigenvalue weighted by Gasteiger charge is -2.31. The van der Waals surface area contributed by atoms with Gasteiger partial charge in [0.15, 0.2) is 0 Å². The highest BCUT2D eigenvalue weighted by Gasteiger charge is 2.29. The smallest absolute Gasteiger partial charge is 0.305 e. The molecule has 4 heteroatoms. The number of ether oxygens (including phenoxy) is 1. The Hall–Kier alpha value is -2.49. The standard InChI is InChI=1S/C18H20O4/c1-18(12-11-17(21)22-2,13-3-7-15(19)8-4-13)14-5-9-16(20)10-6-14/h3-10,19-20H,11-12H2,1-2H3. The maximum atomic E-state index is 11.5. The summed E-state index contributed by atoms with van der Waals surface area (Å²) < 4.78 is 4.74. The van der Waals surface area contributed by atoms with E-state index >= 15 is 0 Å². The molecule has 0 saturated heterocycles. The summed E-state index contributed by atoms with van der Waals surface area (Å²) in [6, 6.07) is 13.9. The molecule has 0 bridgehead atoms. The molecule has 2 aromatic carbocycles. The van der Waals surface area contributed by atoms with Crippen LogP contribution in [0, 0.1) is 0 Å². The first-order chi connectivity index (χ1) is 10.5. The van der Waals surface area contributed by atoms with Gasteiger partial charge in [0.1, 0.15) is 11.5 Å². The van der Waals surface area contributed by atoms with Crippen LogP contribution in [-0.4, -0.2) is 23.3 Å². The molecule has 4 nitrogen and oxygen atoms in total. The van der Waals surface area contributed by atoms with E-state index in [0.717, 1.165) is 11.1 Å². The largest absolute Gasteiger partial charge is 0.508 e. The van der Waals surface area contributed by atoms with Gasteiger partial charge in [-0.1, -0.05) is 31.2 Å². The lowest BCUT2D eigenvalue weighted by atomic mass is 9.73. The average molecular weight is 300 g/mol. The van der Waals surface area contributed by atoms with Gasteiger partial charge in [-0.2, -0.15) is 0 Å². The first-order valence-electron chi connectivity index (χ1n) is 7.11. The summed E-state index contributed by atoms with van der Waals surface area (Å²) in [5.74, 6) is 0.137. The Morgan fingerprint density at radius 3 is 1.73 bits per heavy atom. The van der Waals surface area contributed by atoms with Crippen molar-refractivity contribution in [2.45, 2.75) is 25.2 Å². The van der Waals surface area contributed by atoms with Crippen molar-refractivity contribution >= 4 is 5.97 Å². The van der Waals surface area contributed by atoms with Gasteiger partial charge < -0.3 is 14.9 Å². The van der Waals surface area contributed by atoms with Crippen LogP contribution in [0.15, 0.2) is 48.5 Å². The Labute approximate surface area is 130 Å². The third-order valence-corrected chi connectivity index (χ3v) is 4.07. The molecule has 0 spiro atoms. The fraction of sp³-hybridized carbons (Fsp3) is 0.278. The van der Waals surface area contributed by atoms with Crippen LogP contribution in [-0.2, 0) is 14.9 Å². The van der Waals surface area contributed by atoms with E-state index in [1.54, 1.807) is 24.3 Å². The van der Waals surface area contributed by atoms with E-state index < -0.39 is 5.41 Å². The number of phenolic OH excluding ortho intramolecular Hbond substituents is 2. The van der Waals surface area contributed by atoms with E-state index in [-0.39, 0.29) is 23.9 Å². The zero-order chi connectivity index (χ0) is 16.2. The topological polar surface area (TPSA) is 66.8 Å². The lowest BCUT2D eigenvalue weighted by Crippen LogP contribution is -2.25. The third kappa shape index (κ3) is 3.39. The summed E-state index contributed by atoms with van der Waals surface area (Å²) >= 11 is 0. The molecule has 116 valence electrons. The molecule has 0 fully saturated rings. The number of carbonyl (C=O) groups excluding carboxylic acids is 1. The number of aromatic hydroxyl groups is 2. The van der Waals surface area contributed by atoms with Crippen molar-refractivity contribution in [3.63, 3.8) is 0 Å². The van der Waals surface area contributed by atoms with E-state index in [1.165, 1.54) is 7.11 Å². The van der Waals surface area contributed by atoms with Crippen LogP contribution in [0.25, 0.3) is 0 Å². The van der Waals surface area contributed by atoms with Crippen molar-refractivity contribution in [3.8, 4) is 11.5 Å². The predicted molar refractivity (Wildman–Crippen MR) is 83.9 cm³/mol. The van der Waals surface area contributed by atoms with Crippen molar-refractivity contribution in [1.29, 1.82) is 0 Å². The van der Waals surface area contributed by atoms with Crippen LogP contribution < -0.4 is 0 Å². The molecule has 0 amide bonds. The molecular formula is C18H20O4. The monoisotopic (exact) mass is 300 g/mol. The van der Waals surface area contributed by atoms with Gasteiger partial charge in [0.05, 0.1) is 7.11 Å². The molecular weight excluding hydrogens is 280 g/mol. The van der Waals surface area contributed by atoms with E-state index in [4.69, 9.17) is 4.74 Å². The van der Waals surface area contributed by atoms with Gasteiger partial charge in [0, 0.05) is 11.8 Å². The highest BCUT2D eigenvalue weighted by molar-refractivity contribution is 5.69. The first kappa shape index (κ1) is 15.9. The van der Waals surface area contributed by atoms with E-state index in [9.17, 15) is 15.0 Å². The molecule has 0 unspecified atom stereocenters. The molecule has 0 aromatic heterocycles. The van der Waals surface area contributed by atoms with Gasteiger partial charge in [0.2, 0.25) is 0 Å². The van der Waals surface area contributed by atoms with Gasteiger partial charge in [0.25, 0.3) is 0 Å². The summed E-state index contributed by atoms with van der Waals surface area (Å²) in [6.07, 6.45) is 0.851. The fourth-order valence-electron chi connectivity index (χ4n) is 2.57. The number of methoxy groups -OCH3 is 1. The molecule has 2 aromatic rings. The number of benzene rings is 2. The summed E-state index contributed by atoms with van der Waals surface area (Å²) in [4.78, 5) is 11.5. The normalized spacial score (nSPS) is 11.2. The SMILES string of the molecule is COC(=O)CCC(C)(c1ccc(O)cc1)c1ccc(O)cc1. The number of carbonyl (C=O) groups is 1. The Morgan fingerprint density at radius 1 is 0.955 bits per heavy atom. The van der Waals surface area contributed by atoms with Crippen molar-refractivity contribution in [2.24, 2.45) is 0 Å². The second-order valence-corrected chi connectivity index (χ2v) is 5.50. The number of hydrogen-bond acceptors (Lipinski definition) is 4. The molecule has 0 radical (unpaired) electrons. The van der Waals surface area contributed by atoms with Gasteiger partial charge in [-0.05, 0) is 41.8 Å². The minimum Gasteiger partial charge on any atom is -0.508 e. The van der Waals surface area contributed by atoms with Crippen LogP contribution >= 0.6 is 0 Å². The highest BCUT2D eigenvalue weighted by atomic mass is 16.5. The fourth-order valence-corrected chi connectivity index (χ4v) is 2.57. The van der Waals surface area contributed by atoms with Crippen molar-refractivity contribution < 1.29 is 19.7 Å². The molecule has 2 rings (SSSR count). The second-order valence-electron chi connectivity index (χ2n) is 5.50. The van der Waals surface area contributed by atoms with E-state index in [2.05, 4.69) is 0 Å². The number of phenols is 2. The molecule has 0 aliphatic heterocycles. The Bertz CT molecular complexity index is 584. The van der Waals surface area contributed by atoms with Crippen LogP contribution in [0.5, 0.6) is 11.5 Å². The van der Waals surface area contributed by atoms with Crippen LogP contribution in [0.2, 0.25) is 0 Å². The Balaban J connectivity index is 2.40. The summed E-state index contributed by atoms with van der Waals surface area (Å²) in [7, 11) is 1.38. The van der Waals surface area contributed by atoms with E-state index in [0.29, 0.717) is 6.42 Å². The summed E-state index contributed by atoms with van der Waals surface area (Å²) in [5.41, 5.74) is 1.55. The number of hydrogen-bond donors (Lipinski definition) is 2. The molecule has 0 aliphatic rings. The van der Waals surface area contributed by atoms with Gasteiger partial charge in [-0.25, -0.2) is 0 Å². The third-order valence-electron chi connectivity index (χ3n) is 4.07. The summed E-state index contributed by atoms with van der Waals surface area (Å²) in [6.45, 7) is 2.04. The van der Waals surface area contributed by atoms with Crippen LogP contribution in [0.4, 0.5) is 0 Å². The van der Waals surface area contributed by atoms with Crippen molar-refractivity contribution in [2.75, 3.05) is 7.11 Å². The lowest BCUT2D eigenvalue weighted by molar-refractivity contribution is -0.140. The Kier molecular flexibility index (Phi) is 4.71. The van der Waals surface area contributed by atoms with Gasteiger partial charge in [-0.3, -0.25) is 4.79 Å². The molecule has 22 heavy (non-hydrogen) atoms. The van der Waals surface area contributed by atoms with Crippen LogP contribution in [0.3, 0.4) is 0 Å². The zero-order valence-corrected chi connectivity index (χ0v) is 12.7. The molecule has 0 atom stereocenters. The molecule has 0 saturated carbocycles. The van der Waals surface area contributed by atoms with Gasteiger partial charge in [-0.15, -0.1) is 0 Å². The average Bonchev–Trinajstić information content (AvgIpc) is 2.53. The minimum absolute atomic E-state index is 0.199. The molecule has 0 heterocycles. The first-order valence-corrected chi connectivity index (χ1v) is 7.11. The molecule has 0 aliphatic carbocycles. The van der Waals surface area contributed by atoms with E-state index in [1.807, 2.05) is 31.2 Å². The summed E-state index contributed by atoms with van der Waals surface area (Å²) in [5, 5.41) is 19.0. The zero-order valence-electron chi connectivity index (χ0n) is 12.7. The quantitative estimate of drug-likeness (QED) is 0.831. The van der Waals surface area contributed by atoms with Crippen molar-refractivity contribution in [1.82, 2.24) is 0 Å². The maximum Gasteiger partial charge on any atom is 0.305 e. The van der Waals surface area contributed by atoms with Crippen LogP contribution in [0.1, 0.15) is 30.9 Å². The predicted octanol–water partition coefficient (Wildman–Crippen LogP) is 3.36. The van der Waals surface area contributed by atoms with Gasteiger partial charge >= 0.3 is 5.97 Å². The second kappa shape index (κ2) is 6.52. The number of esters is 1.